The number of thioether (sulfide) groups is 1. The summed E-state index contributed by atoms with van der Waals surface area (Å²) in [6.45, 7) is 4.29. The number of likely N-dealkylation sites (tertiary alicyclic amines) is 1. The number of para-hydroxylation sites is 1. The summed E-state index contributed by atoms with van der Waals surface area (Å²) in [6.07, 6.45) is 5.58. The molecule has 0 saturated carbocycles. The van der Waals surface area contributed by atoms with Gasteiger partial charge in [0.25, 0.3) is 5.91 Å². The van der Waals surface area contributed by atoms with Gasteiger partial charge >= 0.3 is 0 Å². The second-order valence-electron chi connectivity index (χ2n) is 6.84. The normalized spacial score (nSPS) is 22.8. The standard InChI is InChI=1S/C19H25N3OS/c23-19(17-12-20-18-7-2-1-6-16(17)18)22-10-5-11-24-14-15(22)13-21-8-3-4-9-21/h1-2,6-7,12,15,20H,3-5,8-11,13-14H2. The highest BCUT2D eigenvalue weighted by Crippen LogP contribution is 2.24. The van der Waals surface area contributed by atoms with Gasteiger partial charge in [-0.3, -0.25) is 4.79 Å². The van der Waals surface area contributed by atoms with E-state index in [0.717, 1.165) is 47.5 Å². The van der Waals surface area contributed by atoms with Gasteiger partial charge in [-0.05, 0) is 44.2 Å². The van der Waals surface area contributed by atoms with Crippen LogP contribution in [0.25, 0.3) is 10.9 Å². The number of nitrogens with one attached hydrogen (secondary N) is 1. The van der Waals surface area contributed by atoms with Crippen LogP contribution in [0.4, 0.5) is 0 Å². The Kier molecular flexibility index (Phi) is 4.81. The van der Waals surface area contributed by atoms with Crippen LogP contribution in [0.2, 0.25) is 0 Å². The molecule has 4 nitrogen and oxygen atoms in total. The number of carbonyl (C=O) groups excluding carboxylic acids is 1. The molecule has 0 spiro atoms. The third-order valence-corrected chi connectivity index (χ3v) is 6.38. The van der Waals surface area contributed by atoms with Crippen LogP contribution in [-0.4, -0.2) is 64.4 Å². The summed E-state index contributed by atoms with van der Waals surface area (Å²) < 4.78 is 0. The molecule has 3 heterocycles. The van der Waals surface area contributed by atoms with Gasteiger partial charge < -0.3 is 14.8 Å². The van der Waals surface area contributed by atoms with Crippen molar-refractivity contribution in [1.29, 1.82) is 0 Å². The van der Waals surface area contributed by atoms with Crippen molar-refractivity contribution in [3.8, 4) is 0 Å². The van der Waals surface area contributed by atoms with E-state index in [0.29, 0.717) is 6.04 Å². The Morgan fingerprint density at radius 3 is 2.88 bits per heavy atom. The second-order valence-corrected chi connectivity index (χ2v) is 7.99. The topological polar surface area (TPSA) is 39.3 Å². The number of aromatic amines is 1. The van der Waals surface area contributed by atoms with Crippen LogP contribution in [0.15, 0.2) is 30.5 Å². The summed E-state index contributed by atoms with van der Waals surface area (Å²) in [5, 5.41) is 1.04. The number of rotatable bonds is 3. The van der Waals surface area contributed by atoms with Crippen molar-refractivity contribution >= 4 is 28.6 Å². The van der Waals surface area contributed by atoms with E-state index in [1.807, 2.05) is 42.2 Å². The van der Waals surface area contributed by atoms with Gasteiger partial charge in [-0.15, -0.1) is 0 Å². The third-order valence-electron chi connectivity index (χ3n) is 5.19. The van der Waals surface area contributed by atoms with E-state index in [1.165, 1.54) is 25.9 Å². The van der Waals surface area contributed by atoms with Crippen molar-refractivity contribution in [2.45, 2.75) is 25.3 Å². The maximum Gasteiger partial charge on any atom is 0.256 e. The zero-order valence-corrected chi connectivity index (χ0v) is 14.9. The number of carbonyl (C=O) groups is 1. The first kappa shape index (κ1) is 16.0. The van der Waals surface area contributed by atoms with E-state index < -0.39 is 0 Å². The fourth-order valence-electron chi connectivity index (χ4n) is 3.91. The number of nitrogens with zero attached hydrogens (tertiary/aromatic N) is 2. The molecule has 4 rings (SSSR count). The fourth-order valence-corrected chi connectivity index (χ4v) is 4.97. The van der Waals surface area contributed by atoms with Crippen LogP contribution < -0.4 is 0 Å². The summed E-state index contributed by atoms with van der Waals surface area (Å²) in [4.78, 5) is 21.2. The Hall–Kier alpha value is -1.46. The van der Waals surface area contributed by atoms with Gasteiger partial charge in [0.15, 0.2) is 0 Å². The molecule has 1 aromatic carbocycles. The molecule has 128 valence electrons. The molecule has 1 atom stereocenters. The van der Waals surface area contributed by atoms with Gasteiger partial charge in [0.1, 0.15) is 0 Å². The van der Waals surface area contributed by atoms with E-state index in [2.05, 4.69) is 14.8 Å². The minimum atomic E-state index is 0.194. The lowest BCUT2D eigenvalue weighted by atomic mass is 10.1. The van der Waals surface area contributed by atoms with E-state index >= 15 is 0 Å². The molecule has 1 amide bonds. The van der Waals surface area contributed by atoms with Crippen LogP contribution >= 0.6 is 11.8 Å². The van der Waals surface area contributed by atoms with Crippen molar-refractivity contribution in [1.82, 2.24) is 14.8 Å². The zero-order chi connectivity index (χ0) is 16.4. The molecule has 2 aliphatic heterocycles. The van der Waals surface area contributed by atoms with Crippen LogP contribution in [-0.2, 0) is 0 Å². The van der Waals surface area contributed by atoms with E-state index in [1.54, 1.807) is 0 Å². The SMILES string of the molecule is O=C(c1c[nH]c2ccccc12)N1CCCSCC1CN1CCCC1. The molecule has 2 aliphatic rings. The van der Waals surface area contributed by atoms with Gasteiger partial charge in [0.2, 0.25) is 0 Å². The lowest BCUT2D eigenvalue weighted by Crippen LogP contribution is -2.47. The average Bonchev–Trinajstić information content (AvgIpc) is 3.20. The zero-order valence-electron chi connectivity index (χ0n) is 14.0. The van der Waals surface area contributed by atoms with Crippen molar-refractivity contribution < 1.29 is 4.79 Å². The molecule has 5 heteroatoms. The first-order valence-electron chi connectivity index (χ1n) is 9.00. The number of H-pyrrole nitrogens is 1. The molecule has 1 aromatic heterocycles. The first-order valence-corrected chi connectivity index (χ1v) is 10.2. The summed E-state index contributed by atoms with van der Waals surface area (Å²) >= 11 is 2.00. The van der Waals surface area contributed by atoms with Gasteiger partial charge in [0, 0.05) is 35.9 Å². The van der Waals surface area contributed by atoms with Crippen molar-refractivity contribution in [3.63, 3.8) is 0 Å². The molecule has 0 aliphatic carbocycles. The van der Waals surface area contributed by atoms with Gasteiger partial charge in [-0.25, -0.2) is 0 Å². The Morgan fingerprint density at radius 2 is 2.00 bits per heavy atom. The molecule has 24 heavy (non-hydrogen) atoms. The molecule has 1 N–H and O–H groups in total. The Bertz CT molecular complexity index is 707. The molecule has 0 bridgehead atoms. The quantitative estimate of drug-likeness (QED) is 0.930. The average molecular weight is 343 g/mol. The lowest BCUT2D eigenvalue weighted by Gasteiger charge is -2.32. The smallest absolute Gasteiger partial charge is 0.256 e. The van der Waals surface area contributed by atoms with Crippen LogP contribution in [0, 0.1) is 0 Å². The van der Waals surface area contributed by atoms with Gasteiger partial charge in [0.05, 0.1) is 11.6 Å². The van der Waals surface area contributed by atoms with Crippen LogP contribution in [0.1, 0.15) is 29.6 Å². The summed E-state index contributed by atoms with van der Waals surface area (Å²) in [7, 11) is 0. The third kappa shape index (κ3) is 3.20. The highest BCUT2D eigenvalue weighted by atomic mass is 32.2. The first-order chi connectivity index (χ1) is 11.8. The molecule has 0 radical (unpaired) electrons. The highest BCUT2D eigenvalue weighted by Gasteiger charge is 2.30. The number of hydrogen-bond donors (Lipinski definition) is 1. The number of benzene rings is 1. The largest absolute Gasteiger partial charge is 0.360 e. The fraction of sp³-hybridized carbons (Fsp3) is 0.526. The highest BCUT2D eigenvalue weighted by molar-refractivity contribution is 7.99. The van der Waals surface area contributed by atoms with Crippen LogP contribution in [0.3, 0.4) is 0 Å². The Labute approximate surface area is 147 Å². The van der Waals surface area contributed by atoms with Crippen molar-refractivity contribution in [2.24, 2.45) is 0 Å². The second kappa shape index (κ2) is 7.19. The number of aromatic nitrogens is 1. The predicted molar refractivity (Wildman–Crippen MR) is 101 cm³/mol. The maximum absolute atomic E-state index is 13.3. The van der Waals surface area contributed by atoms with Crippen LogP contribution in [0.5, 0.6) is 0 Å². The predicted octanol–water partition coefficient (Wildman–Crippen LogP) is 3.21. The van der Waals surface area contributed by atoms with E-state index in [-0.39, 0.29) is 5.91 Å². The molecule has 1 unspecified atom stereocenters. The lowest BCUT2D eigenvalue weighted by molar-refractivity contribution is 0.0668. The monoisotopic (exact) mass is 343 g/mol. The summed E-state index contributed by atoms with van der Waals surface area (Å²) in [5.74, 6) is 2.41. The van der Waals surface area contributed by atoms with Crippen molar-refractivity contribution in [2.75, 3.05) is 37.7 Å². The van der Waals surface area contributed by atoms with Crippen molar-refractivity contribution in [3.05, 3.63) is 36.0 Å². The summed E-state index contributed by atoms with van der Waals surface area (Å²) in [6, 6.07) is 8.42. The van der Waals surface area contributed by atoms with E-state index in [9.17, 15) is 4.79 Å². The Balaban J connectivity index is 1.59. The molecule has 2 aromatic rings. The molecular formula is C19H25N3OS. The molecular weight excluding hydrogens is 318 g/mol. The Morgan fingerprint density at radius 1 is 1.17 bits per heavy atom. The van der Waals surface area contributed by atoms with Gasteiger partial charge in [-0.2, -0.15) is 11.8 Å². The number of hydrogen-bond acceptors (Lipinski definition) is 3. The molecule has 2 fully saturated rings. The maximum atomic E-state index is 13.3. The minimum absolute atomic E-state index is 0.194. The molecule has 2 saturated heterocycles. The summed E-state index contributed by atoms with van der Waals surface area (Å²) in [5.41, 5.74) is 1.87. The van der Waals surface area contributed by atoms with Gasteiger partial charge in [-0.1, -0.05) is 18.2 Å². The number of amides is 1. The number of fused-ring (bicyclic) bond motifs is 1. The van der Waals surface area contributed by atoms with E-state index in [4.69, 9.17) is 0 Å². The minimum Gasteiger partial charge on any atom is -0.360 e.